The summed E-state index contributed by atoms with van der Waals surface area (Å²) in [6.07, 6.45) is -8.98. The molecule has 2 aliphatic heterocycles. The zero-order valence-electron chi connectivity index (χ0n) is 22.2. The Balaban J connectivity index is 1.55. The standard InChI is InChI=1S/C28H26O16/c29-8-20-23(38)24(39)26(44-27(40)10-3-16(34)22(37)17(35)4-10)28(43-20)42-19-7-12-13(31)5-11(30)6-18(12)41-25(19)9-1-14(32)21(36)15(33)2-9/h1-7,20,23-26,28-39H,8H2/p+1. The molecule has 5 rings (SSSR count). The second kappa shape index (κ2) is 11.4. The molecule has 2 heterocycles. The van der Waals surface area contributed by atoms with Gasteiger partial charge in [0.05, 0.1) is 23.8 Å². The summed E-state index contributed by atoms with van der Waals surface area (Å²) in [5.41, 5.74) is -0.447. The summed E-state index contributed by atoms with van der Waals surface area (Å²) in [5.74, 6) is -7.22. The summed E-state index contributed by atoms with van der Waals surface area (Å²) in [5, 5.41) is 111. The van der Waals surface area contributed by atoms with Crippen molar-refractivity contribution < 1.29 is 79.9 Å². The Morgan fingerprint density at radius 3 is 1.98 bits per heavy atom. The van der Waals surface area contributed by atoms with E-state index in [0.717, 1.165) is 30.3 Å². The maximum atomic E-state index is 13.0. The predicted molar refractivity (Wildman–Crippen MR) is 143 cm³/mol. The average Bonchev–Trinajstić information content (AvgIpc) is 2.97. The van der Waals surface area contributed by atoms with Gasteiger partial charge in [-0.1, -0.05) is 0 Å². The van der Waals surface area contributed by atoms with Crippen molar-refractivity contribution in [3.05, 3.63) is 58.8 Å². The van der Waals surface area contributed by atoms with Gasteiger partial charge in [0.25, 0.3) is 11.9 Å². The third-order valence-electron chi connectivity index (χ3n) is 6.98. The molecule has 0 aromatic heterocycles. The van der Waals surface area contributed by atoms with Gasteiger partial charge in [-0.2, -0.15) is 0 Å². The molecule has 12 N–H and O–H groups in total. The zero-order chi connectivity index (χ0) is 32.0. The van der Waals surface area contributed by atoms with Crippen LogP contribution in [0, 0.1) is 0 Å². The molecule has 0 spiro atoms. The van der Waals surface area contributed by atoms with Gasteiger partial charge in [-0.05, 0) is 24.3 Å². The zero-order valence-corrected chi connectivity index (χ0v) is 22.2. The molecule has 3 aromatic rings. The number of phenols is 8. The van der Waals surface area contributed by atoms with Crippen LogP contribution in [0.5, 0.6) is 51.7 Å². The van der Waals surface area contributed by atoms with Crippen molar-refractivity contribution in [1.29, 1.82) is 0 Å². The number of phenolic OH excluding ortho intramolecular Hbond substituents is 8. The molecule has 0 radical (unpaired) electrons. The highest BCUT2D eigenvalue weighted by molar-refractivity contribution is 5.91. The highest BCUT2D eigenvalue weighted by atomic mass is 16.7. The van der Waals surface area contributed by atoms with Gasteiger partial charge in [0, 0.05) is 12.1 Å². The van der Waals surface area contributed by atoms with Crippen molar-refractivity contribution in [1.82, 2.24) is 0 Å². The second-order valence-electron chi connectivity index (χ2n) is 9.94. The first-order chi connectivity index (χ1) is 20.8. The molecule has 3 aromatic carbocycles. The van der Waals surface area contributed by atoms with E-state index in [1.807, 2.05) is 0 Å². The van der Waals surface area contributed by atoms with E-state index in [4.69, 9.17) is 14.2 Å². The van der Waals surface area contributed by atoms with Crippen molar-refractivity contribution in [2.45, 2.75) is 36.8 Å². The van der Waals surface area contributed by atoms with Crippen LogP contribution in [0.2, 0.25) is 0 Å². The minimum atomic E-state index is -1.95. The van der Waals surface area contributed by atoms with Gasteiger partial charge < -0.3 is 75.1 Å². The fourth-order valence-corrected chi connectivity index (χ4v) is 4.73. The van der Waals surface area contributed by atoms with Crippen LogP contribution in [-0.2, 0) is 14.2 Å². The van der Waals surface area contributed by atoms with E-state index >= 15 is 0 Å². The van der Waals surface area contributed by atoms with Gasteiger partial charge in [-0.15, -0.1) is 0 Å². The van der Waals surface area contributed by atoms with Crippen molar-refractivity contribution in [2.75, 3.05) is 6.61 Å². The van der Waals surface area contributed by atoms with Gasteiger partial charge >= 0.3 is 5.97 Å². The summed E-state index contributed by atoms with van der Waals surface area (Å²) < 4.78 is 21.3. The van der Waals surface area contributed by atoms with Crippen molar-refractivity contribution >= 4 is 12.0 Å². The minimum absolute atomic E-state index is 0.0104. The Bertz CT molecular complexity index is 1590. The molecule has 0 amide bonds. The number of hydrogen-bond donors (Lipinski definition) is 11. The molecule has 0 saturated carbocycles. The molecule has 44 heavy (non-hydrogen) atoms. The number of aliphatic hydroxyl groups is 4. The smallest absolute Gasteiger partial charge is 0.339 e. The number of rotatable bonds is 6. The quantitative estimate of drug-likeness (QED) is 0.101. The summed E-state index contributed by atoms with van der Waals surface area (Å²) in [4.78, 5) is 13.0. The van der Waals surface area contributed by atoms with Gasteiger partial charge in [-0.3, -0.25) is 0 Å². The monoisotopic (exact) mass is 619 g/mol. The SMILES string of the molecule is O=C(OC1C(OC2=Cc3c(O)cc(O)cc3[OH+]C2c2cc(O)c(O)c(O)c2)OC(CO)C(O)C1O)c1cc(O)c(O)c(O)c1. The van der Waals surface area contributed by atoms with E-state index in [2.05, 4.69) is 4.74 Å². The Labute approximate surface area is 246 Å². The molecule has 16 nitrogen and oxygen atoms in total. The molecular weight excluding hydrogens is 592 g/mol. The van der Waals surface area contributed by atoms with Crippen LogP contribution in [0.4, 0.5) is 0 Å². The first-order valence-electron chi connectivity index (χ1n) is 12.8. The van der Waals surface area contributed by atoms with Crippen LogP contribution in [0.1, 0.15) is 27.6 Å². The number of esters is 1. The number of ether oxygens (including phenoxy) is 4. The Kier molecular flexibility index (Phi) is 7.83. The summed E-state index contributed by atoms with van der Waals surface area (Å²) in [6.45, 7) is -0.825. The fraction of sp³-hybridized carbons (Fsp3) is 0.250. The van der Waals surface area contributed by atoms with E-state index in [0.29, 0.717) is 0 Å². The van der Waals surface area contributed by atoms with Gasteiger partial charge in [-0.25, -0.2) is 4.79 Å². The first kappa shape index (κ1) is 30.2. The molecule has 16 heteroatoms. The lowest BCUT2D eigenvalue weighted by atomic mass is 9.98. The molecule has 6 unspecified atom stereocenters. The third-order valence-corrected chi connectivity index (χ3v) is 6.98. The minimum Gasteiger partial charge on any atom is -0.571 e. The number of hydrogen-bond acceptors (Lipinski definition) is 15. The topological polar surface area (TPSA) is 280 Å². The summed E-state index contributed by atoms with van der Waals surface area (Å²) >= 11 is 0. The lowest BCUT2D eigenvalue weighted by molar-refractivity contribution is -0.294. The molecule has 1 fully saturated rings. The van der Waals surface area contributed by atoms with E-state index in [9.17, 15) is 61.0 Å². The molecule has 2 aliphatic rings. The van der Waals surface area contributed by atoms with Crippen molar-refractivity contribution in [2.24, 2.45) is 0 Å². The van der Waals surface area contributed by atoms with Crippen molar-refractivity contribution in [3.63, 3.8) is 0 Å². The molecule has 0 bridgehead atoms. The lowest BCUT2D eigenvalue weighted by Gasteiger charge is -2.42. The van der Waals surface area contributed by atoms with Crippen LogP contribution < -0.4 is 0 Å². The van der Waals surface area contributed by atoms with Gasteiger partial charge in [0.15, 0.2) is 46.4 Å². The number of carbonyl (C=O) groups is 1. The molecule has 1 saturated heterocycles. The van der Waals surface area contributed by atoms with E-state index in [1.165, 1.54) is 12.1 Å². The van der Waals surface area contributed by atoms with Gasteiger partial charge in [0.2, 0.25) is 6.29 Å². The summed E-state index contributed by atoms with van der Waals surface area (Å²) in [7, 11) is 0. The van der Waals surface area contributed by atoms with Crippen LogP contribution in [0.3, 0.4) is 0 Å². The average molecular weight is 620 g/mol. The second-order valence-corrected chi connectivity index (χ2v) is 9.94. The van der Waals surface area contributed by atoms with Crippen LogP contribution in [-0.4, -0.2) is 104 Å². The number of benzene rings is 3. The molecule has 6 atom stereocenters. The van der Waals surface area contributed by atoms with Crippen LogP contribution in [0.25, 0.3) is 6.08 Å². The van der Waals surface area contributed by atoms with Crippen LogP contribution >= 0.6 is 0 Å². The van der Waals surface area contributed by atoms with E-state index < -0.39 is 95.2 Å². The third kappa shape index (κ3) is 5.45. The highest BCUT2D eigenvalue weighted by Gasteiger charge is 2.49. The van der Waals surface area contributed by atoms with Gasteiger partial charge in [0.1, 0.15) is 35.4 Å². The van der Waals surface area contributed by atoms with Crippen molar-refractivity contribution in [3.8, 4) is 51.7 Å². The van der Waals surface area contributed by atoms with E-state index in [1.54, 1.807) is 0 Å². The normalized spacial score (nSPS) is 24.5. The molecule has 234 valence electrons. The molecular formula is C28H27O16+. The maximum absolute atomic E-state index is 13.0. The maximum Gasteiger partial charge on any atom is 0.339 e. The molecule has 0 aliphatic carbocycles. The Morgan fingerprint density at radius 2 is 1.39 bits per heavy atom. The number of aliphatic hydroxyl groups excluding tert-OH is 3. The largest absolute Gasteiger partial charge is 0.571 e. The highest BCUT2D eigenvalue weighted by Crippen LogP contribution is 2.48. The van der Waals surface area contributed by atoms with Crippen LogP contribution in [0.15, 0.2) is 42.2 Å². The number of aromatic hydroxyl groups is 9. The van der Waals surface area contributed by atoms with E-state index in [-0.39, 0.29) is 28.4 Å². The Morgan fingerprint density at radius 1 is 0.795 bits per heavy atom. The predicted octanol–water partition coefficient (Wildman–Crippen LogP) is 0.350. The number of carbonyl (C=O) groups excluding carboxylic acids is 1. The Hall–Kier alpha value is -5.29. The fourth-order valence-electron chi connectivity index (χ4n) is 4.73. The first-order valence-corrected chi connectivity index (χ1v) is 12.8. The number of fused-ring (bicyclic) bond motifs is 1. The summed E-state index contributed by atoms with van der Waals surface area (Å²) in [6, 6.07) is 5.79. The lowest BCUT2D eigenvalue weighted by Crippen LogP contribution is -2.60.